The molecule has 2 aliphatic carbocycles. The van der Waals surface area contributed by atoms with Crippen LogP contribution in [0.1, 0.15) is 51.5 Å². The first-order valence-electron chi connectivity index (χ1n) is 8.74. The number of nitrogens with one attached hydrogen (secondary N) is 1. The number of hydrogen-bond acceptors (Lipinski definition) is 4. The molecule has 3 rings (SSSR count). The second-order valence-corrected chi connectivity index (χ2v) is 7.96. The van der Waals surface area contributed by atoms with Crippen molar-refractivity contribution in [3.05, 3.63) is 23.8 Å². The fourth-order valence-electron chi connectivity index (χ4n) is 2.83. The molecule has 0 spiro atoms. The molecule has 2 atom stereocenters. The first-order chi connectivity index (χ1) is 11.3. The van der Waals surface area contributed by atoms with Crippen LogP contribution >= 0.6 is 0 Å². The van der Waals surface area contributed by atoms with Crippen molar-refractivity contribution in [3.8, 4) is 11.5 Å². The number of ether oxygens (including phenoxy) is 2. The van der Waals surface area contributed by atoms with Gasteiger partial charge in [0.15, 0.2) is 0 Å². The molecule has 2 saturated carbocycles. The summed E-state index contributed by atoms with van der Waals surface area (Å²) in [4.78, 5) is 11.7. The van der Waals surface area contributed by atoms with Crippen molar-refractivity contribution in [2.24, 2.45) is 11.8 Å². The van der Waals surface area contributed by atoms with Gasteiger partial charge in [0.25, 0.3) is 0 Å². The summed E-state index contributed by atoms with van der Waals surface area (Å²) in [6, 6.07) is 5.31. The lowest BCUT2D eigenvalue weighted by Gasteiger charge is -2.19. The third kappa shape index (κ3) is 4.79. The molecule has 24 heavy (non-hydrogen) atoms. The normalized spacial score (nSPS) is 22.8. The highest BCUT2D eigenvalue weighted by Gasteiger charge is 2.40. The molecule has 0 heterocycles. The average Bonchev–Trinajstić information content (AvgIpc) is 3.36. The Labute approximate surface area is 143 Å². The molecule has 5 nitrogen and oxygen atoms in total. The van der Waals surface area contributed by atoms with E-state index in [2.05, 4.69) is 5.32 Å². The van der Waals surface area contributed by atoms with Gasteiger partial charge < -0.3 is 19.9 Å². The van der Waals surface area contributed by atoms with Gasteiger partial charge in [0.1, 0.15) is 17.1 Å². The molecule has 5 heteroatoms. The molecule has 1 aromatic rings. The van der Waals surface area contributed by atoms with Crippen molar-refractivity contribution < 1.29 is 19.4 Å². The SMILES string of the molecule is CC(C)(C)OC(=O)NC[C@H]1C[C@@H]1c1cc(O)ccc1OCC1CC1. The second kappa shape index (κ2) is 6.54. The Balaban J connectivity index is 1.54. The summed E-state index contributed by atoms with van der Waals surface area (Å²) in [5.74, 6) is 2.50. The number of phenols is 1. The highest BCUT2D eigenvalue weighted by molar-refractivity contribution is 5.67. The van der Waals surface area contributed by atoms with Gasteiger partial charge in [0.05, 0.1) is 6.61 Å². The molecular weight excluding hydrogens is 306 g/mol. The number of carbonyl (C=O) groups excluding carboxylic acids is 1. The standard InChI is InChI=1S/C19H27NO4/c1-19(2,3)24-18(22)20-10-13-8-15(13)16-9-14(21)6-7-17(16)23-11-12-4-5-12/h6-7,9,12-13,15,21H,4-5,8,10-11H2,1-3H3,(H,20,22)/t13-,15+/m1/s1. The molecule has 0 saturated heterocycles. The highest BCUT2D eigenvalue weighted by Crippen LogP contribution is 2.51. The first kappa shape index (κ1) is 16.9. The number of aromatic hydroxyl groups is 1. The zero-order chi connectivity index (χ0) is 17.3. The molecule has 0 bridgehead atoms. The molecule has 1 aromatic carbocycles. The van der Waals surface area contributed by atoms with Crippen LogP contribution in [0.15, 0.2) is 18.2 Å². The predicted molar refractivity (Wildman–Crippen MR) is 91.4 cm³/mol. The van der Waals surface area contributed by atoms with Crippen molar-refractivity contribution in [2.75, 3.05) is 13.2 Å². The van der Waals surface area contributed by atoms with Crippen molar-refractivity contribution in [3.63, 3.8) is 0 Å². The lowest BCUT2D eigenvalue weighted by atomic mass is 10.1. The van der Waals surface area contributed by atoms with Gasteiger partial charge in [-0.2, -0.15) is 0 Å². The van der Waals surface area contributed by atoms with E-state index in [0.29, 0.717) is 24.3 Å². The number of rotatable bonds is 6. The lowest BCUT2D eigenvalue weighted by molar-refractivity contribution is 0.0525. The summed E-state index contributed by atoms with van der Waals surface area (Å²) < 4.78 is 11.2. The Morgan fingerprint density at radius 3 is 2.75 bits per heavy atom. The lowest BCUT2D eigenvalue weighted by Crippen LogP contribution is -2.33. The first-order valence-corrected chi connectivity index (χ1v) is 8.74. The fraction of sp³-hybridized carbons (Fsp3) is 0.632. The third-order valence-electron chi connectivity index (χ3n) is 4.39. The quantitative estimate of drug-likeness (QED) is 0.831. The number of hydrogen-bond donors (Lipinski definition) is 2. The minimum Gasteiger partial charge on any atom is -0.508 e. The van der Waals surface area contributed by atoms with Crippen LogP contribution in [0.2, 0.25) is 0 Å². The van der Waals surface area contributed by atoms with Crippen LogP contribution in [0.25, 0.3) is 0 Å². The molecule has 1 amide bonds. The van der Waals surface area contributed by atoms with Gasteiger partial charge in [-0.1, -0.05) is 0 Å². The number of alkyl carbamates (subject to hydrolysis) is 1. The third-order valence-corrected chi connectivity index (χ3v) is 4.39. The molecule has 0 unspecified atom stereocenters. The molecular formula is C19H27NO4. The summed E-state index contributed by atoms with van der Waals surface area (Å²) in [5, 5.41) is 12.6. The van der Waals surface area contributed by atoms with Crippen LogP contribution in [-0.4, -0.2) is 30.0 Å². The maximum atomic E-state index is 11.7. The summed E-state index contributed by atoms with van der Waals surface area (Å²) in [5.41, 5.74) is 0.564. The number of carbonyl (C=O) groups is 1. The summed E-state index contributed by atoms with van der Waals surface area (Å²) in [7, 11) is 0. The Morgan fingerprint density at radius 1 is 1.33 bits per heavy atom. The van der Waals surface area contributed by atoms with Crippen molar-refractivity contribution in [1.29, 1.82) is 0 Å². The Hall–Kier alpha value is -1.91. The van der Waals surface area contributed by atoms with Gasteiger partial charge >= 0.3 is 6.09 Å². The number of benzene rings is 1. The van der Waals surface area contributed by atoms with E-state index in [9.17, 15) is 9.90 Å². The van der Waals surface area contributed by atoms with Crippen LogP contribution in [0.3, 0.4) is 0 Å². The molecule has 0 radical (unpaired) electrons. The van der Waals surface area contributed by atoms with Crippen LogP contribution in [0.5, 0.6) is 11.5 Å². The Bertz CT molecular complexity index is 604. The van der Waals surface area contributed by atoms with Crippen LogP contribution in [-0.2, 0) is 4.74 Å². The van der Waals surface area contributed by atoms with E-state index in [1.54, 1.807) is 12.1 Å². The maximum absolute atomic E-state index is 11.7. The average molecular weight is 333 g/mol. The van der Waals surface area contributed by atoms with E-state index in [0.717, 1.165) is 24.3 Å². The molecule has 2 fully saturated rings. The summed E-state index contributed by atoms with van der Waals surface area (Å²) in [6.45, 7) is 6.89. The predicted octanol–water partition coefficient (Wildman–Crippen LogP) is 3.81. The van der Waals surface area contributed by atoms with E-state index < -0.39 is 5.60 Å². The maximum Gasteiger partial charge on any atom is 0.407 e. The van der Waals surface area contributed by atoms with Crippen LogP contribution in [0, 0.1) is 11.8 Å². The van der Waals surface area contributed by atoms with Gasteiger partial charge in [-0.25, -0.2) is 4.79 Å². The van der Waals surface area contributed by atoms with E-state index in [1.807, 2.05) is 26.8 Å². The monoisotopic (exact) mass is 333 g/mol. The van der Waals surface area contributed by atoms with E-state index >= 15 is 0 Å². The molecule has 0 aromatic heterocycles. The highest BCUT2D eigenvalue weighted by atomic mass is 16.6. The Morgan fingerprint density at radius 2 is 2.08 bits per heavy atom. The van der Waals surface area contributed by atoms with E-state index in [-0.39, 0.29) is 11.8 Å². The second-order valence-electron chi connectivity index (χ2n) is 7.96. The summed E-state index contributed by atoms with van der Waals surface area (Å²) >= 11 is 0. The van der Waals surface area contributed by atoms with Crippen molar-refractivity contribution >= 4 is 6.09 Å². The van der Waals surface area contributed by atoms with Crippen molar-refractivity contribution in [1.82, 2.24) is 5.32 Å². The molecule has 132 valence electrons. The van der Waals surface area contributed by atoms with E-state index in [4.69, 9.17) is 9.47 Å². The van der Waals surface area contributed by atoms with Gasteiger partial charge in [0.2, 0.25) is 0 Å². The van der Waals surface area contributed by atoms with Crippen LogP contribution < -0.4 is 10.1 Å². The zero-order valence-corrected chi connectivity index (χ0v) is 14.7. The topological polar surface area (TPSA) is 67.8 Å². The minimum absolute atomic E-state index is 0.259. The van der Waals surface area contributed by atoms with Gasteiger partial charge in [-0.05, 0) is 76.0 Å². The van der Waals surface area contributed by atoms with Gasteiger partial charge in [0, 0.05) is 12.1 Å². The number of phenolic OH excluding ortho intramolecular Hbond substituents is 1. The summed E-state index contributed by atoms with van der Waals surface area (Å²) in [6.07, 6.45) is 3.10. The van der Waals surface area contributed by atoms with Gasteiger partial charge in [-0.15, -0.1) is 0 Å². The largest absolute Gasteiger partial charge is 0.508 e. The smallest absolute Gasteiger partial charge is 0.407 e. The zero-order valence-electron chi connectivity index (χ0n) is 14.7. The van der Waals surface area contributed by atoms with E-state index in [1.165, 1.54) is 12.8 Å². The fourth-order valence-corrected chi connectivity index (χ4v) is 2.83. The number of amides is 1. The molecule has 2 N–H and O–H groups in total. The minimum atomic E-state index is -0.484. The van der Waals surface area contributed by atoms with Crippen molar-refractivity contribution in [2.45, 2.75) is 51.6 Å². The van der Waals surface area contributed by atoms with Gasteiger partial charge in [-0.3, -0.25) is 0 Å². The molecule has 2 aliphatic rings. The van der Waals surface area contributed by atoms with Crippen LogP contribution in [0.4, 0.5) is 4.79 Å². The molecule has 0 aliphatic heterocycles. The Kier molecular flexibility index (Phi) is 4.61.